The van der Waals surface area contributed by atoms with Crippen molar-refractivity contribution in [1.82, 2.24) is 4.31 Å². The molecule has 0 aliphatic carbocycles. The molecule has 0 aromatic heterocycles. The minimum absolute atomic E-state index is 0.0113. The van der Waals surface area contributed by atoms with Crippen LogP contribution in [0.5, 0.6) is 0 Å². The summed E-state index contributed by atoms with van der Waals surface area (Å²) in [6.45, 7) is 4.98. The van der Waals surface area contributed by atoms with Crippen molar-refractivity contribution < 1.29 is 17.9 Å². The molecule has 0 spiro atoms. The number of hydrogen-bond donors (Lipinski definition) is 1. The fraction of sp³-hybridized carbons (Fsp3) is 0.500. The minimum atomic E-state index is -4.13. The van der Waals surface area contributed by atoms with E-state index < -0.39 is 21.9 Å². The Balaban J connectivity index is 2.66. The van der Waals surface area contributed by atoms with Gasteiger partial charge in [-0.3, -0.25) is 0 Å². The van der Waals surface area contributed by atoms with Gasteiger partial charge in [0.2, 0.25) is 0 Å². The molecule has 0 saturated heterocycles. The van der Waals surface area contributed by atoms with Gasteiger partial charge in [0, 0.05) is 6.54 Å². The molecule has 0 unspecified atom stereocenters. The van der Waals surface area contributed by atoms with E-state index in [1.165, 1.54) is 0 Å². The van der Waals surface area contributed by atoms with Gasteiger partial charge in [0.25, 0.3) is 0 Å². The number of amides is 1. The second-order valence-electron chi connectivity index (χ2n) is 5.69. The van der Waals surface area contributed by atoms with Gasteiger partial charge >= 0.3 is 16.3 Å². The lowest BCUT2D eigenvalue weighted by molar-refractivity contribution is 0.0390. The Morgan fingerprint density at radius 1 is 1.24 bits per heavy atom. The lowest BCUT2D eigenvalue weighted by atomic mass is 10.1. The highest BCUT2D eigenvalue weighted by Gasteiger charge is 2.28. The normalized spacial score (nSPS) is 12.0. The Kier molecular flexibility index (Phi) is 5.74. The number of nitrogens with two attached hydrogens (primary N) is 1. The monoisotopic (exact) mass is 314 g/mol. The highest BCUT2D eigenvalue weighted by atomic mass is 32.2. The summed E-state index contributed by atoms with van der Waals surface area (Å²) in [5.74, 6) is 0. The molecule has 118 valence electrons. The first-order valence-electron chi connectivity index (χ1n) is 6.67. The van der Waals surface area contributed by atoms with Gasteiger partial charge in [-0.05, 0) is 39.2 Å². The van der Waals surface area contributed by atoms with Gasteiger partial charge in [0.05, 0.1) is 0 Å². The molecule has 0 radical (unpaired) electrons. The van der Waals surface area contributed by atoms with E-state index in [1.54, 1.807) is 20.8 Å². The number of nitrogens with zero attached hydrogens (tertiary/aromatic N) is 1. The Bertz CT molecular complexity index is 564. The van der Waals surface area contributed by atoms with E-state index in [0.29, 0.717) is 17.1 Å². The molecule has 0 heterocycles. The fourth-order valence-corrected chi connectivity index (χ4v) is 2.34. The summed E-state index contributed by atoms with van der Waals surface area (Å²) in [6.07, 6.45) is 0.174. The maximum Gasteiger partial charge on any atom is 0.425 e. The summed E-state index contributed by atoms with van der Waals surface area (Å²) in [5.41, 5.74) is 0.287. The molecule has 1 amide bonds. The van der Waals surface area contributed by atoms with Crippen molar-refractivity contribution in [2.24, 2.45) is 5.14 Å². The SMILES string of the molecule is CC(C)(C)OC(=O)N(CCCc1ccccc1)S(N)(=O)=O. The zero-order chi connectivity index (χ0) is 16.1. The molecule has 1 aromatic rings. The third-order valence-corrected chi connectivity index (χ3v) is 3.52. The van der Waals surface area contributed by atoms with E-state index in [-0.39, 0.29) is 6.54 Å². The Morgan fingerprint density at radius 3 is 2.29 bits per heavy atom. The van der Waals surface area contributed by atoms with E-state index >= 15 is 0 Å². The zero-order valence-electron chi connectivity index (χ0n) is 12.6. The van der Waals surface area contributed by atoms with Crippen molar-refractivity contribution in [3.8, 4) is 0 Å². The Morgan fingerprint density at radius 2 is 1.81 bits per heavy atom. The van der Waals surface area contributed by atoms with Gasteiger partial charge < -0.3 is 4.74 Å². The summed E-state index contributed by atoms with van der Waals surface area (Å²) in [4.78, 5) is 11.9. The van der Waals surface area contributed by atoms with Crippen LogP contribution in [0.2, 0.25) is 0 Å². The molecule has 0 bridgehead atoms. The molecule has 1 aromatic carbocycles. The van der Waals surface area contributed by atoms with E-state index in [2.05, 4.69) is 0 Å². The zero-order valence-corrected chi connectivity index (χ0v) is 13.4. The highest BCUT2D eigenvalue weighted by molar-refractivity contribution is 7.87. The smallest absolute Gasteiger partial charge is 0.425 e. The molecule has 6 nitrogen and oxygen atoms in total. The van der Waals surface area contributed by atoms with E-state index in [0.717, 1.165) is 5.56 Å². The van der Waals surface area contributed by atoms with Crippen molar-refractivity contribution in [2.75, 3.05) is 6.54 Å². The predicted octanol–water partition coefficient (Wildman–Crippen LogP) is 2.06. The first-order valence-corrected chi connectivity index (χ1v) is 8.17. The van der Waals surface area contributed by atoms with Crippen molar-refractivity contribution in [3.63, 3.8) is 0 Å². The first kappa shape index (κ1) is 17.5. The molecule has 1 rings (SSSR count). The second kappa shape index (κ2) is 6.91. The van der Waals surface area contributed by atoms with Crippen LogP contribution in [0.15, 0.2) is 30.3 Å². The summed E-state index contributed by atoms with van der Waals surface area (Å²) in [6, 6.07) is 9.59. The average molecular weight is 314 g/mol. The van der Waals surface area contributed by atoms with E-state index in [9.17, 15) is 13.2 Å². The summed E-state index contributed by atoms with van der Waals surface area (Å²) in [5, 5.41) is 5.08. The quantitative estimate of drug-likeness (QED) is 0.900. The number of benzene rings is 1. The molecule has 0 fully saturated rings. The molecular formula is C14H22N2O4S. The largest absolute Gasteiger partial charge is 0.443 e. The lowest BCUT2D eigenvalue weighted by Gasteiger charge is -2.25. The Hall–Kier alpha value is -1.60. The first-order chi connectivity index (χ1) is 9.59. The number of ether oxygens (including phenoxy) is 1. The molecule has 0 saturated carbocycles. The number of carbonyl (C=O) groups is 1. The second-order valence-corrected chi connectivity index (χ2v) is 7.16. The lowest BCUT2D eigenvalue weighted by Crippen LogP contribution is -2.44. The molecule has 0 atom stereocenters. The minimum Gasteiger partial charge on any atom is -0.443 e. The van der Waals surface area contributed by atoms with Crippen LogP contribution >= 0.6 is 0 Å². The number of rotatable bonds is 5. The van der Waals surface area contributed by atoms with Gasteiger partial charge in [-0.25, -0.2) is 9.93 Å². The van der Waals surface area contributed by atoms with Crippen molar-refractivity contribution in [2.45, 2.75) is 39.2 Å². The van der Waals surface area contributed by atoms with Crippen LogP contribution in [0.3, 0.4) is 0 Å². The summed E-state index contributed by atoms with van der Waals surface area (Å²) < 4.78 is 28.6. The third kappa shape index (κ3) is 6.59. The van der Waals surface area contributed by atoms with Crippen molar-refractivity contribution in [3.05, 3.63) is 35.9 Å². The summed E-state index contributed by atoms with van der Waals surface area (Å²) >= 11 is 0. The van der Waals surface area contributed by atoms with Crippen LogP contribution < -0.4 is 5.14 Å². The number of hydrogen-bond acceptors (Lipinski definition) is 4. The van der Waals surface area contributed by atoms with Crippen molar-refractivity contribution >= 4 is 16.3 Å². The maximum absolute atomic E-state index is 11.9. The van der Waals surface area contributed by atoms with Gasteiger partial charge in [-0.2, -0.15) is 12.7 Å². The van der Waals surface area contributed by atoms with Gasteiger partial charge in [0.1, 0.15) is 5.60 Å². The topological polar surface area (TPSA) is 89.7 Å². The molecular weight excluding hydrogens is 292 g/mol. The fourth-order valence-electron chi connectivity index (χ4n) is 1.71. The highest BCUT2D eigenvalue weighted by Crippen LogP contribution is 2.12. The van der Waals surface area contributed by atoms with Gasteiger partial charge in [-0.1, -0.05) is 30.3 Å². The van der Waals surface area contributed by atoms with Crippen LogP contribution in [0.4, 0.5) is 4.79 Å². The predicted molar refractivity (Wildman–Crippen MR) is 80.8 cm³/mol. The molecule has 0 aliphatic rings. The summed E-state index contributed by atoms with van der Waals surface area (Å²) in [7, 11) is -4.13. The third-order valence-electron chi connectivity index (χ3n) is 2.57. The molecule has 2 N–H and O–H groups in total. The van der Waals surface area contributed by atoms with Crippen LogP contribution in [0.1, 0.15) is 32.8 Å². The van der Waals surface area contributed by atoms with E-state index in [4.69, 9.17) is 9.88 Å². The maximum atomic E-state index is 11.9. The van der Waals surface area contributed by atoms with Gasteiger partial charge in [-0.15, -0.1) is 0 Å². The Labute approximate surface area is 126 Å². The van der Waals surface area contributed by atoms with Crippen LogP contribution in [0.25, 0.3) is 0 Å². The average Bonchev–Trinajstić information content (AvgIpc) is 2.32. The molecule has 21 heavy (non-hydrogen) atoms. The number of carbonyl (C=O) groups excluding carboxylic acids is 1. The van der Waals surface area contributed by atoms with E-state index in [1.807, 2.05) is 30.3 Å². The molecule has 0 aliphatic heterocycles. The standard InChI is InChI=1S/C14H22N2O4S/c1-14(2,3)20-13(17)16(21(15,18)19)11-7-10-12-8-5-4-6-9-12/h4-6,8-9H,7,10-11H2,1-3H3,(H2,15,18,19). The van der Waals surface area contributed by atoms with Crippen LogP contribution in [-0.4, -0.2) is 31.0 Å². The van der Waals surface area contributed by atoms with Crippen LogP contribution in [-0.2, 0) is 21.4 Å². The number of aryl methyl sites for hydroxylation is 1. The molecule has 7 heteroatoms. The van der Waals surface area contributed by atoms with Crippen molar-refractivity contribution in [1.29, 1.82) is 0 Å². The van der Waals surface area contributed by atoms with Crippen LogP contribution in [0, 0.1) is 0 Å². The van der Waals surface area contributed by atoms with Gasteiger partial charge in [0.15, 0.2) is 0 Å².